The van der Waals surface area contributed by atoms with Crippen LogP contribution in [0.1, 0.15) is 29.0 Å². The van der Waals surface area contributed by atoms with Gasteiger partial charge >= 0.3 is 0 Å². The molecule has 0 saturated carbocycles. The average Bonchev–Trinajstić information content (AvgIpc) is 3.19. The van der Waals surface area contributed by atoms with Gasteiger partial charge in [0.05, 0.1) is 11.6 Å². The molecule has 0 saturated heterocycles. The van der Waals surface area contributed by atoms with Gasteiger partial charge in [-0.2, -0.15) is 10.2 Å². The maximum absolute atomic E-state index is 13.7. The largest absolute Gasteiger partial charge is 0.339 e. The summed E-state index contributed by atoms with van der Waals surface area (Å²) in [7, 11) is 0. The van der Waals surface area contributed by atoms with Crippen molar-refractivity contribution in [3.63, 3.8) is 0 Å². The Morgan fingerprint density at radius 3 is 2.90 bits per heavy atom. The van der Waals surface area contributed by atoms with E-state index >= 15 is 0 Å². The number of aromatic nitrogens is 2. The fourth-order valence-corrected chi connectivity index (χ4v) is 3.07. The summed E-state index contributed by atoms with van der Waals surface area (Å²) >= 11 is 0. The molecule has 1 heterocycles. The van der Waals surface area contributed by atoms with E-state index in [0.717, 1.165) is 31.6 Å². The Labute approximate surface area is 170 Å². The molecular formula is C23H23FN4O. The van der Waals surface area contributed by atoms with Gasteiger partial charge < -0.3 is 4.52 Å². The molecule has 0 spiro atoms. The molecular weight excluding hydrogens is 367 g/mol. The van der Waals surface area contributed by atoms with Gasteiger partial charge in [-0.3, -0.25) is 4.90 Å². The molecule has 0 aliphatic heterocycles. The van der Waals surface area contributed by atoms with E-state index in [9.17, 15) is 4.39 Å². The zero-order valence-electron chi connectivity index (χ0n) is 16.4. The minimum Gasteiger partial charge on any atom is -0.339 e. The summed E-state index contributed by atoms with van der Waals surface area (Å²) < 4.78 is 19.1. The molecule has 2 aromatic carbocycles. The summed E-state index contributed by atoms with van der Waals surface area (Å²) in [6, 6.07) is 14.7. The van der Waals surface area contributed by atoms with Crippen molar-refractivity contribution in [1.29, 1.82) is 5.26 Å². The SMILES string of the molecule is C=CCN(CCCc1nc(-c2ccc(C)c(F)c2)no1)Cc1cccc(C#N)c1. The second-order valence-electron chi connectivity index (χ2n) is 6.92. The molecule has 3 rings (SSSR count). The maximum atomic E-state index is 13.7. The van der Waals surface area contributed by atoms with Gasteiger partial charge in [0.1, 0.15) is 5.82 Å². The Hall–Kier alpha value is -3.30. The summed E-state index contributed by atoms with van der Waals surface area (Å²) in [5.74, 6) is 0.649. The highest BCUT2D eigenvalue weighted by Gasteiger charge is 2.11. The lowest BCUT2D eigenvalue weighted by molar-refractivity contribution is 0.283. The number of benzene rings is 2. The average molecular weight is 390 g/mol. The van der Waals surface area contributed by atoms with Crippen LogP contribution in [0.15, 0.2) is 59.6 Å². The molecule has 1 aromatic heterocycles. The number of aryl methyl sites for hydroxylation is 2. The van der Waals surface area contributed by atoms with Crippen LogP contribution in [-0.4, -0.2) is 28.1 Å². The number of hydrogen-bond acceptors (Lipinski definition) is 5. The number of nitriles is 1. The number of halogens is 1. The summed E-state index contributed by atoms with van der Waals surface area (Å²) in [6.07, 6.45) is 3.33. The smallest absolute Gasteiger partial charge is 0.227 e. The van der Waals surface area contributed by atoms with E-state index in [4.69, 9.17) is 9.78 Å². The summed E-state index contributed by atoms with van der Waals surface area (Å²) in [5.41, 5.74) is 2.94. The van der Waals surface area contributed by atoms with Crippen LogP contribution in [0.3, 0.4) is 0 Å². The number of rotatable bonds is 9. The van der Waals surface area contributed by atoms with E-state index < -0.39 is 0 Å². The molecule has 29 heavy (non-hydrogen) atoms. The van der Waals surface area contributed by atoms with E-state index in [1.807, 2.05) is 24.3 Å². The van der Waals surface area contributed by atoms with Crippen LogP contribution in [0.5, 0.6) is 0 Å². The molecule has 0 amide bonds. The van der Waals surface area contributed by atoms with Crippen LogP contribution in [0, 0.1) is 24.1 Å². The molecule has 0 fully saturated rings. The van der Waals surface area contributed by atoms with E-state index in [1.165, 1.54) is 6.07 Å². The first-order valence-corrected chi connectivity index (χ1v) is 9.50. The van der Waals surface area contributed by atoms with Crippen molar-refractivity contribution in [3.05, 3.63) is 83.5 Å². The van der Waals surface area contributed by atoms with Gasteiger partial charge in [-0.1, -0.05) is 35.5 Å². The zero-order chi connectivity index (χ0) is 20.6. The molecule has 0 bridgehead atoms. The summed E-state index contributed by atoms with van der Waals surface area (Å²) in [4.78, 5) is 6.63. The van der Waals surface area contributed by atoms with Gasteiger partial charge in [-0.15, -0.1) is 6.58 Å². The molecule has 0 N–H and O–H groups in total. The van der Waals surface area contributed by atoms with Crippen LogP contribution in [-0.2, 0) is 13.0 Å². The van der Waals surface area contributed by atoms with E-state index in [2.05, 4.69) is 27.7 Å². The fraction of sp³-hybridized carbons (Fsp3) is 0.261. The third-order valence-corrected chi connectivity index (χ3v) is 4.61. The van der Waals surface area contributed by atoms with Crippen molar-refractivity contribution < 1.29 is 8.91 Å². The van der Waals surface area contributed by atoms with Gasteiger partial charge in [0, 0.05) is 25.1 Å². The predicted octanol–water partition coefficient (Wildman–Crippen LogP) is 4.68. The van der Waals surface area contributed by atoms with Crippen LogP contribution in [0.25, 0.3) is 11.4 Å². The number of hydrogen-bond donors (Lipinski definition) is 0. The van der Waals surface area contributed by atoms with E-state index in [0.29, 0.717) is 34.8 Å². The molecule has 5 nitrogen and oxygen atoms in total. The van der Waals surface area contributed by atoms with Crippen molar-refractivity contribution in [2.75, 3.05) is 13.1 Å². The van der Waals surface area contributed by atoms with Gasteiger partial charge in [0.2, 0.25) is 11.7 Å². The van der Waals surface area contributed by atoms with Gasteiger partial charge in [-0.05, 0) is 49.2 Å². The molecule has 0 aliphatic carbocycles. The first-order chi connectivity index (χ1) is 14.1. The molecule has 0 atom stereocenters. The Bertz CT molecular complexity index is 1020. The standard InChI is InChI=1S/C23H23FN4O/c1-3-11-28(16-19-7-4-6-18(13-19)15-25)12-5-8-22-26-23(27-29-22)20-10-9-17(2)21(24)14-20/h3-4,6-7,9-10,13-14H,1,5,8,11-12,16H2,2H3. The van der Waals surface area contributed by atoms with Crippen LogP contribution >= 0.6 is 0 Å². The van der Waals surface area contributed by atoms with Crippen molar-refractivity contribution in [1.82, 2.24) is 15.0 Å². The third-order valence-electron chi connectivity index (χ3n) is 4.61. The second-order valence-corrected chi connectivity index (χ2v) is 6.92. The number of nitrogens with zero attached hydrogens (tertiary/aromatic N) is 4. The Kier molecular flexibility index (Phi) is 6.88. The lowest BCUT2D eigenvalue weighted by Crippen LogP contribution is -2.25. The lowest BCUT2D eigenvalue weighted by Gasteiger charge is -2.20. The minimum absolute atomic E-state index is 0.283. The normalized spacial score (nSPS) is 10.8. The quantitative estimate of drug-likeness (QED) is 0.497. The third kappa shape index (κ3) is 5.59. The van der Waals surface area contributed by atoms with Crippen LogP contribution in [0.2, 0.25) is 0 Å². The second kappa shape index (κ2) is 9.76. The van der Waals surface area contributed by atoms with Crippen LogP contribution in [0.4, 0.5) is 4.39 Å². The predicted molar refractivity (Wildman–Crippen MR) is 109 cm³/mol. The molecule has 3 aromatic rings. The first kappa shape index (κ1) is 20.4. The summed E-state index contributed by atoms with van der Waals surface area (Å²) in [5, 5.41) is 13.0. The topological polar surface area (TPSA) is 66.0 Å². The monoisotopic (exact) mass is 390 g/mol. The first-order valence-electron chi connectivity index (χ1n) is 9.50. The van der Waals surface area contributed by atoms with Gasteiger partial charge in [0.25, 0.3) is 0 Å². The Morgan fingerprint density at radius 1 is 1.28 bits per heavy atom. The maximum Gasteiger partial charge on any atom is 0.227 e. The van der Waals surface area contributed by atoms with Crippen molar-refractivity contribution in [2.45, 2.75) is 26.3 Å². The zero-order valence-corrected chi connectivity index (χ0v) is 16.4. The molecule has 0 aliphatic rings. The van der Waals surface area contributed by atoms with Crippen LogP contribution < -0.4 is 0 Å². The molecule has 148 valence electrons. The Morgan fingerprint density at radius 2 is 2.14 bits per heavy atom. The molecule has 6 heteroatoms. The highest BCUT2D eigenvalue weighted by Crippen LogP contribution is 2.19. The Balaban J connectivity index is 1.57. The fourth-order valence-electron chi connectivity index (χ4n) is 3.07. The molecule has 0 unspecified atom stereocenters. The molecule has 0 radical (unpaired) electrons. The van der Waals surface area contributed by atoms with Crippen molar-refractivity contribution in [2.24, 2.45) is 0 Å². The van der Waals surface area contributed by atoms with E-state index in [-0.39, 0.29) is 5.82 Å². The van der Waals surface area contributed by atoms with Crippen molar-refractivity contribution in [3.8, 4) is 17.5 Å². The van der Waals surface area contributed by atoms with Crippen molar-refractivity contribution >= 4 is 0 Å². The van der Waals surface area contributed by atoms with Gasteiger partial charge in [-0.25, -0.2) is 4.39 Å². The van der Waals surface area contributed by atoms with Gasteiger partial charge in [0.15, 0.2) is 0 Å². The highest BCUT2D eigenvalue weighted by molar-refractivity contribution is 5.54. The lowest BCUT2D eigenvalue weighted by atomic mass is 10.1. The summed E-state index contributed by atoms with van der Waals surface area (Å²) in [6.45, 7) is 7.84. The minimum atomic E-state index is -0.283. The van der Waals surface area contributed by atoms with E-state index in [1.54, 1.807) is 25.1 Å². The highest BCUT2D eigenvalue weighted by atomic mass is 19.1.